The van der Waals surface area contributed by atoms with Gasteiger partial charge >= 0.3 is 0 Å². The van der Waals surface area contributed by atoms with Gasteiger partial charge in [-0.3, -0.25) is 14.6 Å². The molecular formula is C25H21N7O3S. The number of aliphatic hydroxyl groups excluding tert-OH is 1. The number of nitrogens with zero attached hydrogens (tertiary/aromatic N) is 4. The monoisotopic (exact) mass is 499 g/mol. The van der Waals surface area contributed by atoms with Gasteiger partial charge in [-0.15, -0.1) is 15.0 Å². The number of aromatic nitrogens is 5. The molecule has 0 saturated heterocycles. The number of nitrogens with one attached hydrogen (secondary N) is 2. The van der Waals surface area contributed by atoms with E-state index in [0.717, 1.165) is 20.9 Å². The zero-order chi connectivity index (χ0) is 25.1. The van der Waals surface area contributed by atoms with Crippen LogP contribution in [0, 0.1) is 0 Å². The fourth-order valence-corrected chi connectivity index (χ4v) is 4.67. The molecule has 10 nitrogen and oxygen atoms in total. The Bertz CT molecular complexity index is 1630. The highest BCUT2D eigenvalue weighted by atomic mass is 32.2. The average molecular weight is 500 g/mol. The molecule has 11 heteroatoms. The molecule has 0 radical (unpaired) electrons. The van der Waals surface area contributed by atoms with Crippen LogP contribution in [0.4, 0.5) is 5.95 Å². The summed E-state index contributed by atoms with van der Waals surface area (Å²) in [5.41, 5.74) is 7.95. The average Bonchev–Trinajstić information content (AvgIpc) is 3.33. The summed E-state index contributed by atoms with van der Waals surface area (Å²) in [5.74, 6) is -0.324. The molecule has 1 amide bonds. The number of hydrogen-bond donors (Lipinski definition) is 4. The number of rotatable bonds is 7. The first kappa shape index (κ1) is 23.3. The summed E-state index contributed by atoms with van der Waals surface area (Å²) in [6.45, 7) is 0.271. The highest BCUT2D eigenvalue weighted by molar-refractivity contribution is 7.99. The minimum Gasteiger partial charge on any atom is -0.392 e. The number of benzene rings is 3. The molecule has 180 valence electrons. The van der Waals surface area contributed by atoms with Crippen molar-refractivity contribution in [1.29, 1.82) is 0 Å². The van der Waals surface area contributed by atoms with E-state index in [1.54, 1.807) is 36.0 Å². The van der Waals surface area contributed by atoms with Crippen LogP contribution < -0.4 is 16.6 Å². The van der Waals surface area contributed by atoms with E-state index in [1.807, 2.05) is 48.5 Å². The first-order valence-corrected chi connectivity index (χ1v) is 11.8. The second-order valence-corrected chi connectivity index (χ2v) is 8.91. The van der Waals surface area contributed by atoms with Crippen molar-refractivity contribution in [2.45, 2.75) is 22.9 Å². The molecule has 0 unspecified atom stereocenters. The zero-order valence-corrected chi connectivity index (χ0v) is 19.7. The molecule has 3 aromatic carbocycles. The van der Waals surface area contributed by atoms with E-state index in [1.165, 1.54) is 4.80 Å². The van der Waals surface area contributed by atoms with Crippen LogP contribution in [0.5, 0.6) is 0 Å². The molecular weight excluding hydrogens is 478 g/mol. The summed E-state index contributed by atoms with van der Waals surface area (Å²) in [5, 5.41) is 21.0. The van der Waals surface area contributed by atoms with Gasteiger partial charge in [-0.05, 0) is 41.5 Å². The van der Waals surface area contributed by atoms with E-state index < -0.39 is 5.56 Å². The predicted molar refractivity (Wildman–Crippen MR) is 136 cm³/mol. The Morgan fingerprint density at radius 2 is 1.72 bits per heavy atom. The quantitative estimate of drug-likeness (QED) is 0.267. The second-order valence-electron chi connectivity index (χ2n) is 7.82. The van der Waals surface area contributed by atoms with Gasteiger partial charge in [0.2, 0.25) is 11.6 Å². The number of anilines is 1. The van der Waals surface area contributed by atoms with Gasteiger partial charge in [-0.2, -0.15) is 4.98 Å². The standard InChI is InChI=1S/C25H21N7O3S/c26-25-28-22-21(24(35)29-25)30-32(31-22)18-9-5-8-15(12-18)23(34)27-13-16-6-1-3-10-19(16)36-20-11-4-2-7-17(20)14-33/h1-12,33H,13-14H2,(H,27,34)(H3,26,28,29,31,35). The second kappa shape index (κ2) is 10.0. The number of amides is 1. The van der Waals surface area contributed by atoms with Gasteiger partial charge in [0.15, 0.2) is 5.52 Å². The number of nitrogens with two attached hydrogens (primary N) is 1. The van der Waals surface area contributed by atoms with Crippen LogP contribution >= 0.6 is 11.8 Å². The summed E-state index contributed by atoms with van der Waals surface area (Å²) in [7, 11) is 0. The normalized spacial score (nSPS) is 11.0. The third-order valence-electron chi connectivity index (χ3n) is 5.39. The van der Waals surface area contributed by atoms with Crippen molar-refractivity contribution < 1.29 is 9.90 Å². The van der Waals surface area contributed by atoms with Crippen LogP contribution in [0.25, 0.3) is 16.9 Å². The van der Waals surface area contributed by atoms with Crippen LogP contribution in [0.2, 0.25) is 0 Å². The maximum absolute atomic E-state index is 13.0. The SMILES string of the molecule is Nc1nc2nn(-c3cccc(C(=O)NCc4ccccc4Sc4ccccc4CO)c3)nc2c(=O)[nH]1. The third kappa shape index (κ3) is 4.83. The van der Waals surface area contributed by atoms with Gasteiger partial charge < -0.3 is 16.2 Å². The van der Waals surface area contributed by atoms with E-state index >= 15 is 0 Å². The number of H-pyrrole nitrogens is 1. The number of carbonyl (C=O) groups excluding carboxylic acids is 1. The molecule has 5 rings (SSSR count). The largest absolute Gasteiger partial charge is 0.392 e. The van der Waals surface area contributed by atoms with Gasteiger partial charge in [0.1, 0.15) is 0 Å². The van der Waals surface area contributed by atoms with Crippen LogP contribution in [-0.2, 0) is 13.2 Å². The molecule has 2 aromatic heterocycles. The van der Waals surface area contributed by atoms with Crippen molar-refractivity contribution in [3.8, 4) is 5.69 Å². The Morgan fingerprint density at radius 1 is 1.00 bits per heavy atom. The van der Waals surface area contributed by atoms with Crippen molar-refractivity contribution in [2.24, 2.45) is 0 Å². The van der Waals surface area contributed by atoms with Crippen molar-refractivity contribution in [1.82, 2.24) is 30.3 Å². The topological polar surface area (TPSA) is 152 Å². The molecule has 0 fully saturated rings. The van der Waals surface area contributed by atoms with E-state index in [-0.39, 0.29) is 29.6 Å². The maximum Gasteiger partial charge on any atom is 0.282 e. The summed E-state index contributed by atoms with van der Waals surface area (Å²) in [4.78, 5) is 34.6. The lowest BCUT2D eigenvalue weighted by Crippen LogP contribution is -2.23. The van der Waals surface area contributed by atoms with Crippen molar-refractivity contribution in [3.05, 3.63) is 99.8 Å². The van der Waals surface area contributed by atoms with Crippen molar-refractivity contribution in [3.63, 3.8) is 0 Å². The lowest BCUT2D eigenvalue weighted by atomic mass is 10.1. The molecule has 0 spiro atoms. The first-order valence-electron chi connectivity index (χ1n) is 11.0. The first-order chi connectivity index (χ1) is 17.5. The minimum atomic E-state index is -0.490. The molecule has 0 aliphatic heterocycles. The lowest BCUT2D eigenvalue weighted by Gasteiger charge is -2.12. The fourth-order valence-electron chi connectivity index (χ4n) is 3.61. The van der Waals surface area contributed by atoms with Crippen LogP contribution in [0.3, 0.4) is 0 Å². The van der Waals surface area contributed by atoms with Crippen LogP contribution in [0.1, 0.15) is 21.5 Å². The highest BCUT2D eigenvalue weighted by Gasteiger charge is 2.14. The lowest BCUT2D eigenvalue weighted by molar-refractivity contribution is 0.0950. The zero-order valence-electron chi connectivity index (χ0n) is 18.9. The smallest absolute Gasteiger partial charge is 0.282 e. The number of hydrogen-bond acceptors (Lipinski definition) is 8. The molecule has 0 atom stereocenters. The number of carbonyl (C=O) groups is 1. The van der Waals surface area contributed by atoms with Gasteiger partial charge in [0, 0.05) is 21.9 Å². The highest BCUT2D eigenvalue weighted by Crippen LogP contribution is 2.32. The van der Waals surface area contributed by atoms with Gasteiger partial charge in [-0.1, -0.05) is 54.2 Å². The Labute approximate surface area is 209 Å². The molecule has 0 bridgehead atoms. The van der Waals surface area contributed by atoms with E-state index in [4.69, 9.17) is 5.73 Å². The van der Waals surface area contributed by atoms with Gasteiger partial charge in [-0.25, -0.2) is 0 Å². The van der Waals surface area contributed by atoms with Crippen molar-refractivity contribution in [2.75, 3.05) is 5.73 Å². The Kier molecular flexibility index (Phi) is 6.48. The number of nitrogen functional groups attached to an aromatic ring is 1. The Balaban J connectivity index is 1.34. The fraction of sp³-hybridized carbons (Fsp3) is 0.0800. The molecule has 5 N–H and O–H groups in total. The maximum atomic E-state index is 13.0. The van der Waals surface area contributed by atoms with Gasteiger partial charge in [0.25, 0.3) is 11.5 Å². The predicted octanol–water partition coefficient (Wildman–Crippen LogP) is 2.66. The van der Waals surface area contributed by atoms with Crippen LogP contribution in [-0.4, -0.2) is 36.0 Å². The summed E-state index contributed by atoms with van der Waals surface area (Å²) in [6, 6.07) is 22.2. The number of aromatic amines is 1. The summed E-state index contributed by atoms with van der Waals surface area (Å²) in [6.07, 6.45) is 0. The molecule has 0 saturated carbocycles. The Hall–Kier alpha value is -4.48. The number of fused-ring (bicyclic) bond motifs is 1. The molecule has 0 aliphatic rings. The molecule has 5 aromatic rings. The van der Waals surface area contributed by atoms with E-state index in [2.05, 4.69) is 25.5 Å². The number of aliphatic hydroxyl groups is 1. The van der Waals surface area contributed by atoms with E-state index in [9.17, 15) is 14.7 Å². The van der Waals surface area contributed by atoms with Crippen LogP contribution in [0.15, 0.2) is 87.4 Å². The van der Waals surface area contributed by atoms with E-state index in [0.29, 0.717) is 17.8 Å². The molecule has 36 heavy (non-hydrogen) atoms. The van der Waals surface area contributed by atoms with Crippen molar-refractivity contribution >= 4 is 34.8 Å². The summed E-state index contributed by atoms with van der Waals surface area (Å²) >= 11 is 1.54. The molecule has 2 heterocycles. The summed E-state index contributed by atoms with van der Waals surface area (Å²) < 4.78 is 0. The Morgan fingerprint density at radius 3 is 2.50 bits per heavy atom. The minimum absolute atomic E-state index is 0.0447. The molecule has 0 aliphatic carbocycles. The van der Waals surface area contributed by atoms with Gasteiger partial charge in [0.05, 0.1) is 12.3 Å². The third-order valence-corrected chi connectivity index (χ3v) is 6.63.